The van der Waals surface area contributed by atoms with Gasteiger partial charge in [0.25, 0.3) is 5.56 Å². The minimum absolute atomic E-state index is 0.114. The van der Waals surface area contributed by atoms with Gasteiger partial charge in [-0.15, -0.1) is 0 Å². The molecule has 5 nitrogen and oxygen atoms in total. The van der Waals surface area contributed by atoms with Crippen molar-refractivity contribution in [3.63, 3.8) is 0 Å². The molecule has 0 amide bonds. The highest BCUT2D eigenvalue weighted by Crippen LogP contribution is 2.22. The molecular weight excluding hydrogens is 244 g/mol. The van der Waals surface area contributed by atoms with Crippen molar-refractivity contribution in [3.8, 4) is 0 Å². The number of rotatable bonds is 3. The number of aromatic nitrogens is 2. The highest BCUT2D eigenvalue weighted by atomic mass is 16.4. The first-order valence-electron chi connectivity index (χ1n) is 6.17. The molecule has 5 heteroatoms. The monoisotopic (exact) mass is 260 g/mol. The Bertz CT molecular complexity index is 689. The molecule has 0 bridgehead atoms. The molecule has 1 atom stereocenters. The van der Waals surface area contributed by atoms with Crippen molar-refractivity contribution in [1.29, 1.82) is 0 Å². The minimum atomic E-state index is -0.952. The van der Waals surface area contributed by atoms with Crippen LogP contribution in [0, 0.1) is 0 Å². The third kappa shape index (κ3) is 2.23. The zero-order valence-electron chi connectivity index (χ0n) is 11.1. The van der Waals surface area contributed by atoms with Gasteiger partial charge >= 0.3 is 5.97 Å². The maximum absolute atomic E-state index is 12.3. The Morgan fingerprint density at radius 3 is 2.32 bits per heavy atom. The van der Waals surface area contributed by atoms with Crippen LogP contribution in [0.1, 0.15) is 38.4 Å². The number of carboxylic acid groups (broad SMARTS) is 1. The van der Waals surface area contributed by atoms with Gasteiger partial charge < -0.3 is 5.11 Å². The summed E-state index contributed by atoms with van der Waals surface area (Å²) in [5, 5.41) is 14.5. The number of carbonyl (C=O) groups is 1. The fourth-order valence-electron chi connectivity index (χ4n) is 2.02. The van der Waals surface area contributed by atoms with E-state index in [-0.39, 0.29) is 11.6 Å². The number of hydrogen-bond donors (Lipinski definition) is 1. The van der Waals surface area contributed by atoms with E-state index in [0.29, 0.717) is 16.5 Å². The van der Waals surface area contributed by atoms with Gasteiger partial charge in [-0.2, -0.15) is 5.10 Å². The van der Waals surface area contributed by atoms with Gasteiger partial charge in [0.2, 0.25) is 0 Å². The van der Waals surface area contributed by atoms with Crippen molar-refractivity contribution in [2.75, 3.05) is 0 Å². The largest absolute Gasteiger partial charge is 0.481 e. The van der Waals surface area contributed by atoms with Gasteiger partial charge in [0.05, 0.1) is 23.0 Å². The second kappa shape index (κ2) is 4.84. The molecule has 0 aliphatic rings. The SMILES string of the molecule is CC(C)n1nc([C@H](C)C(=O)O)c2ccccc2c1=O. The third-order valence-corrected chi connectivity index (χ3v) is 3.13. The van der Waals surface area contributed by atoms with E-state index < -0.39 is 11.9 Å². The molecule has 19 heavy (non-hydrogen) atoms. The van der Waals surface area contributed by atoms with Gasteiger partial charge in [0, 0.05) is 5.39 Å². The van der Waals surface area contributed by atoms with E-state index >= 15 is 0 Å². The Morgan fingerprint density at radius 1 is 1.21 bits per heavy atom. The second-order valence-corrected chi connectivity index (χ2v) is 4.83. The van der Waals surface area contributed by atoms with Crippen LogP contribution >= 0.6 is 0 Å². The van der Waals surface area contributed by atoms with E-state index in [1.54, 1.807) is 31.2 Å². The van der Waals surface area contributed by atoms with E-state index in [1.807, 2.05) is 13.8 Å². The van der Waals surface area contributed by atoms with Crippen LogP contribution in [-0.4, -0.2) is 20.9 Å². The van der Waals surface area contributed by atoms with Crippen molar-refractivity contribution in [1.82, 2.24) is 9.78 Å². The number of carboxylic acids is 1. The summed E-state index contributed by atoms with van der Waals surface area (Å²) in [4.78, 5) is 23.4. The summed E-state index contributed by atoms with van der Waals surface area (Å²) in [6.45, 7) is 5.27. The number of aliphatic carboxylic acids is 1. The lowest BCUT2D eigenvalue weighted by Crippen LogP contribution is -2.27. The first-order chi connectivity index (χ1) is 8.93. The summed E-state index contributed by atoms with van der Waals surface area (Å²) >= 11 is 0. The van der Waals surface area contributed by atoms with E-state index in [9.17, 15) is 9.59 Å². The van der Waals surface area contributed by atoms with E-state index in [4.69, 9.17) is 5.11 Å². The minimum Gasteiger partial charge on any atom is -0.481 e. The maximum atomic E-state index is 12.3. The lowest BCUT2D eigenvalue weighted by molar-refractivity contribution is -0.138. The molecule has 0 unspecified atom stereocenters. The van der Waals surface area contributed by atoms with Crippen molar-refractivity contribution >= 4 is 16.7 Å². The van der Waals surface area contributed by atoms with Gasteiger partial charge in [0.15, 0.2) is 0 Å². The van der Waals surface area contributed by atoms with Crippen molar-refractivity contribution in [2.24, 2.45) is 0 Å². The first kappa shape index (κ1) is 13.3. The van der Waals surface area contributed by atoms with Gasteiger partial charge in [0.1, 0.15) is 0 Å². The molecular formula is C14H16N2O3. The van der Waals surface area contributed by atoms with Crippen LogP contribution in [0.15, 0.2) is 29.1 Å². The highest BCUT2D eigenvalue weighted by Gasteiger charge is 2.21. The number of benzene rings is 1. The van der Waals surface area contributed by atoms with Crippen molar-refractivity contribution in [3.05, 3.63) is 40.3 Å². The molecule has 1 aromatic heterocycles. The molecule has 0 aliphatic carbocycles. The summed E-state index contributed by atoms with van der Waals surface area (Å²) in [5.41, 5.74) is 0.239. The summed E-state index contributed by atoms with van der Waals surface area (Å²) in [6.07, 6.45) is 0. The molecule has 2 rings (SSSR count). The van der Waals surface area contributed by atoms with Crippen LogP contribution in [0.5, 0.6) is 0 Å². The van der Waals surface area contributed by atoms with Gasteiger partial charge in [-0.05, 0) is 26.8 Å². The van der Waals surface area contributed by atoms with Crippen LogP contribution in [0.25, 0.3) is 10.8 Å². The van der Waals surface area contributed by atoms with Crippen LogP contribution in [-0.2, 0) is 4.79 Å². The number of hydrogen-bond acceptors (Lipinski definition) is 3. The van der Waals surface area contributed by atoms with Crippen molar-refractivity contribution < 1.29 is 9.90 Å². The van der Waals surface area contributed by atoms with Crippen molar-refractivity contribution in [2.45, 2.75) is 32.7 Å². The molecule has 0 fully saturated rings. The topological polar surface area (TPSA) is 72.2 Å². The normalized spacial score (nSPS) is 12.8. The second-order valence-electron chi connectivity index (χ2n) is 4.83. The summed E-state index contributed by atoms with van der Waals surface area (Å²) in [5.74, 6) is -1.71. The predicted octanol–water partition coefficient (Wildman–Crippen LogP) is 2.17. The van der Waals surface area contributed by atoms with E-state index in [2.05, 4.69) is 5.10 Å². The first-order valence-corrected chi connectivity index (χ1v) is 6.17. The van der Waals surface area contributed by atoms with Gasteiger partial charge in [-0.1, -0.05) is 18.2 Å². The number of fused-ring (bicyclic) bond motifs is 1. The van der Waals surface area contributed by atoms with Gasteiger partial charge in [-0.25, -0.2) is 4.68 Å². The molecule has 0 saturated carbocycles. The number of nitrogens with zero attached hydrogens (tertiary/aromatic N) is 2. The molecule has 0 radical (unpaired) electrons. The quantitative estimate of drug-likeness (QED) is 0.918. The average Bonchev–Trinajstić information content (AvgIpc) is 2.38. The Kier molecular flexibility index (Phi) is 3.38. The van der Waals surface area contributed by atoms with E-state index in [0.717, 1.165) is 0 Å². The lowest BCUT2D eigenvalue weighted by Gasteiger charge is -2.15. The van der Waals surface area contributed by atoms with Crippen LogP contribution in [0.3, 0.4) is 0 Å². The molecule has 1 heterocycles. The third-order valence-electron chi connectivity index (χ3n) is 3.13. The van der Waals surface area contributed by atoms with Crippen LogP contribution in [0.2, 0.25) is 0 Å². The van der Waals surface area contributed by atoms with Crippen LogP contribution < -0.4 is 5.56 Å². The maximum Gasteiger partial charge on any atom is 0.312 e. The molecule has 0 aliphatic heterocycles. The van der Waals surface area contributed by atoms with E-state index in [1.165, 1.54) is 4.68 Å². The van der Waals surface area contributed by atoms with Crippen LogP contribution in [0.4, 0.5) is 0 Å². The summed E-state index contributed by atoms with van der Waals surface area (Å²) in [6, 6.07) is 6.88. The summed E-state index contributed by atoms with van der Waals surface area (Å²) in [7, 11) is 0. The fourth-order valence-corrected chi connectivity index (χ4v) is 2.02. The molecule has 0 saturated heterocycles. The predicted molar refractivity (Wildman–Crippen MR) is 72.4 cm³/mol. The zero-order chi connectivity index (χ0) is 14.2. The Hall–Kier alpha value is -2.17. The smallest absolute Gasteiger partial charge is 0.312 e. The molecule has 100 valence electrons. The molecule has 0 spiro atoms. The molecule has 1 N–H and O–H groups in total. The van der Waals surface area contributed by atoms with Gasteiger partial charge in [-0.3, -0.25) is 9.59 Å². The zero-order valence-corrected chi connectivity index (χ0v) is 11.1. The average molecular weight is 260 g/mol. The Balaban J connectivity index is 2.86. The summed E-state index contributed by atoms with van der Waals surface area (Å²) < 4.78 is 1.34. The molecule has 2 aromatic rings. The molecule has 1 aromatic carbocycles. The fraction of sp³-hybridized carbons (Fsp3) is 0.357. The Morgan fingerprint density at radius 2 is 1.79 bits per heavy atom. The lowest BCUT2D eigenvalue weighted by atomic mass is 10.0. The Labute approximate surface area is 110 Å². The standard InChI is InChI=1S/C14H16N2O3/c1-8(2)16-13(17)11-7-5-4-6-10(11)12(15-16)9(3)14(18)19/h4-9H,1-3H3,(H,18,19)/t9-/m0/s1. The highest BCUT2D eigenvalue weighted by molar-refractivity contribution is 5.88.